The van der Waals surface area contributed by atoms with Crippen LogP contribution in [0.2, 0.25) is 0 Å². The van der Waals surface area contributed by atoms with Gasteiger partial charge in [0.2, 0.25) is 0 Å². The van der Waals surface area contributed by atoms with Gasteiger partial charge in [-0.1, -0.05) is 18.2 Å². The molecule has 0 fully saturated rings. The van der Waals surface area contributed by atoms with Crippen LogP contribution in [0.1, 0.15) is 0 Å². The lowest BCUT2D eigenvalue weighted by Gasteiger charge is -2.22. The van der Waals surface area contributed by atoms with Crippen molar-refractivity contribution in [2.75, 3.05) is 19.0 Å². The van der Waals surface area contributed by atoms with Crippen molar-refractivity contribution in [3.05, 3.63) is 30.3 Å². The number of rotatable bonds is 1. The molecular formula is C10H13N3O2. The van der Waals surface area contributed by atoms with E-state index in [1.807, 2.05) is 18.2 Å². The minimum Gasteiger partial charge on any atom is -0.351 e. The summed E-state index contributed by atoms with van der Waals surface area (Å²) < 4.78 is 0. The predicted octanol–water partition coefficient (Wildman–Crippen LogP) is 1.25. The van der Waals surface area contributed by atoms with Crippen molar-refractivity contribution in [2.45, 2.75) is 0 Å². The van der Waals surface area contributed by atoms with Gasteiger partial charge in [0.25, 0.3) is 0 Å². The van der Waals surface area contributed by atoms with E-state index >= 15 is 0 Å². The van der Waals surface area contributed by atoms with Crippen LogP contribution in [0.5, 0.6) is 0 Å². The molecule has 0 aliphatic heterocycles. The summed E-state index contributed by atoms with van der Waals surface area (Å²) in [5.74, 6) is 0. The van der Waals surface area contributed by atoms with Gasteiger partial charge in [-0.2, -0.15) is 0 Å². The second-order valence-electron chi connectivity index (χ2n) is 3.07. The quantitative estimate of drug-likeness (QED) is 0.753. The maximum absolute atomic E-state index is 11.6. The first kappa shape index (κ1) is 11.0. The maximum atomic E-state index is 11.6. The molecule has 0 unspecified atom stereocenters. The molecule has 2 N–H and O–H groups in total. The predicted molar refractivity (Wildman–Crippen MR) is 57.6 cm³/mol. The lowest BCUT2D eigenvalue weighted by atomic mass is 10.3. The fourth-order valence-electron chi connectivity index (χ4n) is 1.08. The van der Waals surface area contributed by atoms with Crippen LogP contribution in [0.25, 0.3) is 0 Å². The van der Waals surface area contributed by atoms with Gasteiger partial charge in [0.1, 0.15) is 0 Å². The first-order valence-electron chi connectivity index (χ1n) is 4.40. The van der Waals surface area contributed by atoms with E-state index in [1.165, 1.54) is 11.9 Å². The molecule has 0 radical (unpaired) electrons. The number of anilines is 1. The standard InChI is InChI=1S/C10H13N3O2/c1-12(8-6-4-3-5-7-8)10(15)13(2)9(11)14/h3-7H,1-2H3,(H2,11,14). The average Bonchev–Trinajstić information content (AvgIpc) is 2.27. The number of nitrogens with zero attached hydrogens (tertiary/aromatic N) is 2. The zero-order chi connectivity index (χ0) is 11.4. The maximum Gasteiger partial charge on any atom is 0.332 e. The summed E-state index contributed by atoms with van der Waals surface area (Å²) in [7, 11) is 2.92. The van der Waals surface area contributed by atoms with Gasteiger partial charge in [-0.15, -0.1) is 0 Å². The molecule has 0 saturated heterocycles. The Bertz CT molecular complexity index is 364. The molecule has 0 aliphatic carbocycles. The Morgan fingerprint density at radius 1 is 1.13 bits per heavy atom. The first-order chi connectivity index (χ1) is 7.04. The van der Waals surface area contributed by atoms with E-state index in [0.29, 0.717) is 5.69 Å². The molecule has 5 heteroatoms. The molecule has 0 bridgehead atoms. The molecule has 80 valence electrons. The van der Waals surface area contributed by atoms with E-state index in [9.17, 15) is 9.59 Å². The monoisotopic (exact) mass is 207 g/mol. The van der Waals surface area contributed by atoms with Crippen LogP contribution in [0.4, 0.5) is 15.3 Å². The van der Waals surface area contributed by atoms with Gasteiger partial charge in [-0.3, -0.25) is 4.90 Å². The third-order valence-corrected chi connectivity index (χ3v) is 2.05. The van der Waals surface area contributed by atoms with E-state index < -0.39 is 12.1 Å². The van der Waals surface area contributed by atoms with Crippen LogP contribution in [0.15, 0.2) is 30.3 Å². The van der Waals surface area contributed by atoms with E-state index in [0.717, 1.165) is 4.90 Å². The Kier molecular flexibility index (Phi) is 3.28. The van der Waals surface area contributed by atoms with Gasteiger partial charge >= 0.3 is 12.1 Å². The number of urea groups is 2. The topological polar surface area (TPSA) is 66.6 Å². The Morgan fingerprint density at radius 3 is 2.13 bits per heavy atom. The highest BCUT2D eigenvalue weighted by molar-refractivity contribution is 6.01. The largest absolute Gasteiger partial charge is 0.351 e. The van der Waals surface area contributed by atoms with Crippen molar-refractivity contribution in [3.8, 4) is 0 Å². The number of carbonyl (C=O) groups is 2. The zero-order valence-electron chi connectivity index (χ0n) is 8.68. The summed E-state index contributed by atoms with van der Waals surface area (Å²) in [6, 6.07) is 7.77. The van der Waals surface area contributed by atoms with Crippen molar-refractivity contribution in [2.24, 2.45) is 5.73 Å². The molecule has 0 heterocycles. The Morgan fingerprint density at radius 2 is 1.67 bits per heavy atom. The molecule has 0 atom stereocenters. The van der Waals surface area contributed by atoms with Crippen molar-refractivity contribution in [3.63, 3.8) is 0 Å². The van der Waals surface area contributed by atoms with Crippen LogP contribution >= 0.6 is 0 Å². The van der Waals surface area contributed by atoms with Crippen LogP contribution in [0.3, 0.4) is 0 Å². The van der Waals surface area contributed by atoms with Gasteiger partial charge in [0.05, 0.1) is 0 Å². The van der Waals surface area contributed by atoms with E-state index in [1.54, 1.807) is 19.2 Å². The number of nitrogens with two attached hydrogens (primary N) is 1. The van der Waals surface area contributed by atoms with Gasteiger partial charge in [-0.05, 0) is 12.1 Å². The molecule has 1 aromatic carbocycles. The summed E-state index contributed by atoms with van der Waals surface area (Å²) in [6.45, 7) is 0. The van der Waals surface area contributed by atoms with E-state index in [2.05, 4.69) is 0 Å². The normalized spacial score (nSPS) is 9.47. The number of benzene rings is 1. The molecule has 0 aromatic heterocycles. The highest BCUT2D eigenvalue weighted by atomic mass is 16.2. The summed E-state index contributed by atoms with van der Waals surface area (Å²) in [5, 5.41) is 0. The number of hydrogen-bond donors (Lipinski definition) is 1. The van der Waals surface area contributed by atoms with E-state index in [4.69, 9.17) is 5.73 Å². The third kappa shape index (κ3) is 2.46. The zero-order valence-corrected chi connectivity index (χ0v) is 8.68. The fraction of sp³-hybridized carbons (Fsp3) is 0.200. The van der Waals surface area contributed by atoms with Gasteiger partial charge in [0.15, 0.2) is 0 Å². The molecular weight excluding hydrogens is 194 g/mol. The number of imide groups is 1. The molecule has 15 heavy (non-hydrogen) atoms. The number of primary amides is 1. The Hall–Kier alpha value is -2.04. The van der Waals surface area contributed by atoms with E-state index in [-0.39, 0.29) is 0 Å². The first-order valence-corrected chi connectivity index (χ1v) is 4.40. The van der Waals surface area contributed by atoms with Crippen LogP contribution < -0.4 is 10.6 Å². The van der Waals surface area contributed by atoms with Gasteiger partial charge in [-0.25, -0.2) is 14.5 Å². The molecule has 1 aromatic rings. The summed E-state index contributed by atoms with van der Waals surface area (Å²) in [5.41, 5.74) is 5.70. The highest BCUT2D eigenvalue weighted by Gasteiger charge is 2.18. The third-order valence-electron chi connectivity index (χ3n) is 2.05. The molecule has 4 amide bonds. The number of amides is 4. The fourth-order valence-corrected chi connectivity index (χ4v) is 1.08. The molecule has 0 aliphatic rings. The Labute approximate surface area is 88.1 Å². The second kappa shape index (κ2) is 4.45. The van der Waals surface area contributed by atoms with Crippen molar-refractivity contribution in [1.29, 1.82) is 0 Å². The smallest absolute Gasteiger partial charge is 0.332 e. The molecule has 0 saturated carbocycles. The second-order valence-corrected chi connectivity index (χ2v) is 3.07. The molecule has 1 rings (SSSR count). The van der Waals surface area contributed by atoms with Crippen molar-refractivity contribution >= 4 is 17.7 Å². The summed E-state index contributed by atoms with van der Waals surface area (Å²) in [6.07, 6.45) is 0. The highest BCUT2D eigenvalue weighted by Crippen LogP contribution is 2.12. The lowest BCUT2D eigenvalue weighted by Crippen LogP contribution is -2.44. The molecule has 5 nitrogen and oxygen atoms in total. The summed E-state index contributed by atoms with van der Waals surface area (Å²) >= 11 is 0. The van der Waals surface area contributed by atoms with Crippen LogP contribution in [-0.2, 0) is 0 Å². The number of carbonyl (C=O) groups excluding carboxylic acids is 2. The minimum absolute atomic E-state index is 0.464. The number of para-hydroxylation sites is 1. The van der Waals surface area contributed by atoms with Gasteiger partial charge in [0, 0.05) is 19.8 Å². The van der Waals surface area contributed by atoms with Crippen molar-refractivity contribution < 1.29 is 9.59 Å². The lowest BCUT2D eigenvalue weighted by molar-refractivity contribution is 0.205. The van der Waals surface area contributed by atoms with Crippen LogP contribution in [0, 0.1) is 0 Å². The average molecular weight is 207 g/mol. The van der Waals surface area contributed by atoms with Crippen molar-refractivity contribution in [1.82, 2.24) is 4.90 Å². The SMILES string of the molecule is CN(C(N)=O)C(=O)N(C)c1ccccc1. The minimum atomic E-state index is -0.775. The van der Waals surface area contributed by atoms with Gasteiger partial charge < -0.3 is 5.73 Å². The Balaban J connectivity index is 2.82. The number of hydrogen-bond acceptors (Lipinski definition) is 2. The van der Waals surface area contributed by atoms with Crippen LogP contribution in [-0.4, -0.2) is 31.1 Å². The summed E-state index contributed by atoms with van der Waals surface area (Å²) in [4.78, 5) is 24.6. The molecule has 0 spiro atoms.